The first-order valence-electron chi connectivity index (χ1n) is 8.34. The van der Waals surface area contributed by atoms with Crippen molar-refractivity contribution in [3.8, 4) is 0 Å². The van der Waals surface area contributed by atoms with Gasteiger partial charge in [-0.05, 0) is 35.9 Å². The minimum absolute atomic E-state index is 0.0607. The summed E-state index contributed by atoms with van der Waals surface area (Å²) >= 11 is 0. The first-order valence-corrected chi connectivity index (χ1v) is 8.34. The molecule has 0 fully saturated rings. The van der Waals surface area contributed by atoms with Gasteiger partial charge in [0.1, 0.15) is 5.70 Å². The van der Waals surface area contributed by atoms with E-state index in [-0.39, 0.29) is 24.8 Å². The van der Waals surface area contributed by atoms with Crippen molar-refractivity contribution in [2.45, 2.75) is 6.92 Å². The first kappa shape index (κ1) is 19.9. The maximum absolute atomic E-state index is 12.5. The third-order valence-corrected chi connectivity index (χ3v) is 3.47. The average molecular weight is 367 g/mol. The van der Waals surface area contributed by atoms with Crippen LogP contribution in [-0.4, -0.2) is 36.0 Å². The van der Waals surface area contributed by atoms with Gasteiger partial charge in [-0.25, -0.2) is 0 Å². The lowest BCUT2D eigenvalue weighted by atomic mass is 10.1. The standard InChI is InChI=1S/C20H21N3O4/c1-14(25)22-17-9-7-16(8-10-17)19(26)23-18(20(27)21-11-12-24)13-15-5-3-2-4-6-15/h2-10,13,24H,11-12H2,1H3,(H,21,27)(H,22,25)(H,23,26)/b18-13+. The van der Waals surface area contributed by atoms with Crippen LogP contribution >= 0.6 is 0 Å². The SMILES string of the molecule is CC(=O)Nc1ccc(C(=O)N/C(=C/c2ccccc2)C(=O)NCCO)cc1. The predicted molar refractivity (Wildman–Crippen MR) is 103 cm³/mol. The Balaban J connectivity index is 2.18. The lowest BCUT2D eigenvalue weighted by molar-refractivity contribution is -0.118. The Bertz CT molecular complexity index is 830. The summed E-state index contributed by atoms with van der Waals surface area (Å²) in [7, 11) is 0. The zero-order chi connectivity index (χ0) is 19.6. The van der Waals surface area contributed by atoms with E-state index in [4.69, 9.17) is 5.11 Å². The molecule has 0 aliphatic heterocycles. The number of hydrogen-bond donors (Lipinski definition) is 4. The molecule has 0 saturated heterocycles. The predicted octanol–water partition coefficient (Wildman–Crippen LogP) is 1.52. The molecular weight excluding hydrogens is 346 g/mol. The van der Waals surface area contributed by atoms with E-state index in [0.717, 1.165) is 5.56 Å². The van der Waals surface area contributed by atoms with Gasteiger partial charge in [-0.15, -0.1) is 0 Å². The van der Waals surface area contributed by atoms with Gasteiger partial charge in [0.05, 0.1) is 6.61 Å². The highest BCUT2D eigenvalue weighted by atomic mass is 16.3. The Hall–Kier alpha value is -3.45. The number of carbonyl (C=O) groups excluding carboxylic acids is 3. The van der Waals surface area contributed by atoms with E-state index >= 15 is 0 Å². The number of carbonyl (C=O) groups is 3. The van der Waals surface area contributed by atoms with Crippen LogP contribution in [0.2, 0.25) is 0 Å². The molecule has 0 atom stereocenters. The molecule has 27 heavy (non-hydrogen) atoms. The lowest BCUT2D eigenvalue weighted by Crippen LogP contribution is -2.36. The number of anilines is 1. The van der Waals surface area contributed by atoms with E-state index in [2.05, 4.69) is 16.0 Å². The zero-order valence-electron chi connectivity index (χ0n) is 14.9. The Morgan fingerprint density at radius 3 is 2.26 bits per heavy atom. The molecular formula is C20H21N3O4. The summed E-state index contributed by atoms with van der Waals surface area (Å²) in [4.78, 5) is 35.8. The van der Waals surface area contributed by atoms with Crippen molar-refractivity contribution in [3.05, 3.63) is 71.4 Å². The van der Waals surface area contributed by atoms with E-state index in [1.807, 2.05) is 18.2 Å². The van der Waals surface area contributed by atoms with E-state index in [9.17, 15) is 14.4 Å². The number of rotatable bonds is 7. The largest absolute Gasteiger partial charge is 0.395 e. The molecule has 140 valence electrons. The van der Waals surface area contributed by atoms with E-state index < -0.39 is 11.8 Å². The summed E-state index contributed by atoms with van der Waals surface area (Å²) < 4.78 is 0. The van der Waals surface area contributed by atoms with Crippen LogP contribution in [0.3, 0.4) is 0 Å². The van der Waals surface area contributed by atoms with Gasteiger partial charge in [-0.1, -0.05) is 30.3 Å². The van der Waals surface area contributed by atoms with Gasteiger partial charge in [0.2, 0.25) is 5.91 Å². The number of nitrogens with one attached hydrogen (secondary N) is 3. The molecule has 2 rings (SSSR count). The molecule has 0 bridgehead atoms. The maximum Gasteiger partial charge on any atom is 0.267 e. The molecule has 7 nitrogen and oxygen atoms in total. The highest BCUT2D eigenvalue weighted by Crippen LogP contribution is 2.11. The van der Waals surface area contributed by atoms with Crippen LogP contribution in [0.15, 0.2) is 60.3 Å². The number of benzene rings is 2. The monoisotopic (exact) mass is 367 g/mol. The van der Waals surface area contributed by atoms with Crippen molar-refractivity contribution in [1.29, 1.82) is 0 Å². The van der Waals surface area contributed by atoms with Crippen LogP contribution in [-0.2, 0) is 9.59 Å². The summed E-state index contributed by atoms with van der Waals surface area (Å²) in [5.74, 6) is -1.18. The topological polar surface area (TPSA) is 108 Å². The quantitative estimate of drug-likeness (QED) is 0.557. The van der Waals surface area contributed by atoms with Crippen molar-refractivity contribution in [2.24, 2.45) is 0 Å². The molecule has 2 aromatic rings. The normalized spacial score (nSPS) is 10.8. The van der Waals surface area contributed by atoms with E-state index in [1.165, 1.54) is 6.92 Å². The van der Waals surface area contributed by atoms with Crippen molar-refractivity contribution in [1.82, 2.24) is 10.6 Å². The fourth-order valence-electron chi connectivity index (χ4n) is 2.24. The van der Waals surface area contributed by atoms with Gasteiger partial charge in [-0.2, -0.15) is 0 Å². The van der Waals surface area contributed by atoms with Crippen LogP contribution in [0.5, 0.6) is 0 Å². The van der Waals surface area contributed by atoms with Gasteiger partial charge >= 0.3 is 0 Å². The molecule has 7 heteroatoms. The second-order valence-electron chi connectivity index (χ2n) is 5.66. The van der Waals surface area contributed by atoms with Gasteiger partial charge in [0, 0.05) is 24.7 Å². The zero-order valence-corrected chi connectivity index (χ0v) is 14.9. The minimum atomic E-state index is -0.504. The Labute approximate surface area is 157 Å². The third kappa shape index (κ3) is 6.41. The van der Waals surface area contributed by atoms with Crippen molar-refractivity contribution >= 4 is 29.5 Å². The summed E-state index contributed by atoms with van der Waals surface area (Å²) in [6, 6.07) is 15.4. The summed E-state index contributed by atoms with van der Waals surface area (Å²) in [5, 5.41) is 16.6. The molecule has 0 spiro atoms. The molecule has 2 aromatic carbocycles. The maximum atomic E-state index is 12.5. The van der Waals surface area contributed by atoms with Crippen LogP contribution in [0.1, 0.15) is 22.8 Å². The molecule has 4 N–H and O–H groups in total. The average Bonchev–Trinajstić information content (AvgIpc) is 2.66. The van der Waals surface area contributed by atoms with Crippen LogP contribution < -0.4 is 16.0 Å². The highest BCUT2D eigenvalue weighted by Gasteiger charge is 2.14. The smallest absolute Gasteiger partial charge is 0.267 e. The Morgan fingerprint density at radius 1 is 1.00 bits per heavy atom. The number of amides is 3. The molecule has 0 radical (unpaired) electrons. The van der Waals surface area contributed by atoms with Gasteiger partial charge in [0.15, 0.2) is 0 Å². The van der Waals surface area contributed by atoms with Crippen LogP contribution in [0, 0.1) is 0 Å². The highest BCUT2D eigenvalue weighted by molar-refractivity contribution is 6.05. The van der Waals surface area contributed by atoms with Gasteiger partial charge < -0.3 is 21.1 Å². The molecule has 0 aliphatic rings. The van der Waals surface area contributed by atoms with Gasteiger partial charge in [-0.3, -0.25) is 14.4 Å². The molecule has 3 amide bonds. The Kier molecular flexibility index (Phi) is 7.27. The Morgan fingerprint density at radius 2 is 1.67 bits per heavy atom. The fraction of sp³-hybridized carbons (Fsp3) is 0.150. The molecule has 0 saturated carbocycles. The fourth-order valence-corrected chi connectivity index (χ4v) is 2.24. The molecule has 0 aromatic heterocycles. The number of hydrogen-bond acceptors (Lipinski definition) is 4. The molecule has 0 heterocycles. The minimum Gasteiger partial charge on any atom is -0.395 e. The second-order valence-corrected chi connectivity index (χ2v) is 5.66. The molecule has 0 aliphatic carbocycles. The second kappa shape index (κ2) is 9.88. The van der Waals surface area contributed by atoms with Crippen molar-refractivity contribution in [2.75, 3.05) is 18.5 Å². The van der Waals surface area contributed by atoms with Crippen LogP contribution in [0.4, 0.5) is 5.69 Å². The van der Waals surface area contributed by atoms with Crippen LogP contribution in [0.25, 0.3) is 6.08 Å². The van der Waals surface area contributed by atoms with E-state index in [0.29, 0.717) is 11.3 Å². The molecule has 0 unspecified atom stereocenters. The van der Waals surface area contributed by atoms with E-state index in [1.54, 1.807) is 42.5 Å². The summed E-state index contributed by atoms with van der Waals surface area (Å²) in [6.45, 7) is 1.27. The third-order valence-electron chi connectivity index (χ3n) is 3.47. The first-order chi connectivity index (χ1) is 13.0. The van der Waals surface area contributed by atoms with Crippen molar-refractivity contribution < 1.29 is 19.5 Å². The van der Waals surface area contributed by atoms with Gasteiger partial charge in [0.25, 0.3) is 11.8 Å². The number of aliphatic hydroxyl groups excluding tert-OH is 1. The summed E-state index contributed by atoms with van der Waals surface area (Å²) in [6.07, 6.45) is 1.55. The van der Waals surface area contributed by atoms with Crippen molar-refractivity contribution in [3.63, 3.8) is 0 Å². The number of aliphatic hydroxyl groups is 1. The summed E-state index contributed by atoms with van der Waals surface area (Å²) in [5.41, 5.74) is 1.70. The lowest BCUT2D eigenvalue weighted by Gasteiger charge is -2.11.